The van der Waals surface area contributed by atoms with Crippen LogP contribution >= 0.6 is 0 Å². The Morgan fingerprint density at radius 2 is 1.54 bits per heavy atom. The lowest BCUT2D eigenvalue weighted by molar-refractivity contribution is 0.242. The molecule has 0 bridgehead atoms. The number of amides is 2. The Balaban J connectivity index is 2.05. The Bertz CT molecular complexity index is 801. The molecule has 0 radical (unpaired) electrons. The minimum absolute atomic E-state index is 0.139. The highest BCUT2D eigenvalue weighted by atomic mass is 32.2. The van der Waals surface area contributed by atoms with Crippen LogP contribution in [0.4, 0.5) is 10.5 Å². The maximum atomic E-state index is 12.2. The molecular formula is C17H21N3O3S. The largest absolute Gasteiger partial charge is 0.329 e. The fourth-order valence-corrected chi connectivity index (χ4v) is 2.94. The van der Waals surface area contributed by atoms with E-state index in [1.165, 1.54) is 19.2 Å². The summed E-state index contributed by atoms with van der Waals surface area (Å²) in [4.78, 5) is 12.3. The summed E-state index contributed by atoms with van der Waals surface area (Å²) < 4.78 is 25.6. The predicted molar refractivity (Wildman–Crippen MR) is 94.3 cm³/mol. The molecule has 0 aliphatic rings. The van der Waals surface area contributed by atoms with Gasteiger partial charge in [0.1, 0.15) is 0 Å². The molecule has 0 heterocycles. The lowest BCUT2D eigenvalue weighted by Gasteiger charge is -2.27. The summed E-state index contributed by atoms with van der Waals surface area (Å²) in [5, 5.41) is 5.60. The normalized spacial score (nSPS) is 11.8. The van der Waals surface area contributed by atoms with Crippen molar-refractivity contribution in [2.24, 2.45) is 0 Å². The van der Waals surface area contributed by atoms with Crippen LogP contribution in [0, 0.1) is 0 Å². The van der Waals surface area contributed by atoms with Gasteiger partial charge in [0.25, 0.3) is 0 Å². The van der Waals surface area contributed by atoms with E-state index >= 15 is 0 Å². The van der Waals surface area contributed by atoms with Crippen LogP contribution < -0.4 is 15.4 Å². The number of nitrogens with one attached hydrogen (secondary N) is 3. The van der Waals surface area contributed by atoms with Crippen LogP contribution in [0.25, 0.3) is 0 Å². The van der Waals surface area contributed by atoms with Gasteiger partial charge < -0.3 is 10.6 Å². The molecule has 24 heavy (non-hydrogen) atoms. The van der Waals surface area contributed by atoms with Crippen LogP contribution in [-0.4, -0.2) is 21.5 Å². The quantitative estimate of drug-likeness (QED) is 0.777. The molecule has 0 aliphatic heterocycles. The SMILES string of the molecule is CNS(=O)(=O)c1ccc(NC(=O)NC(C)(C)c2ccccc2)cc1. The Kier molecular flexibility index (Phi) is 5.26. The third-order valence-electron chi connectivity index (χ3n) is 3.61. The van der Waals surface area contributed by atoms with Gasteiger partial charge in [0.2, 0.25) is 10.0 Å². The van der Waals surface area contributed by atoms with Crippen molar-refractivity contribution in [1.82, 2.24) is 10.0 Å². The third-order valence-corrected chi connectivity index (χ3v) is 5.04. The molecular weight excluding hydrogens is 326 g/mol. The predicted octanol–water partition coefficient (Wildman–Crippen LogP) is 2.65. The van der Waals surface area contributed by atoms with Gasteiger partial charge >= 0.3 is 6.03 Å². The summed E-state index contributed by atoms with van der Waals surface area (Å²) in [6.45, 7) is 3.81. The first-order valence-electron chi connectivity index (χ1n) is 7.43. The molecule has 2 rings (SSSR count). The first-order chi connectivity index (χ1) is 11.2. The maximum Gasteiger partial charge on any atom is 0.319 e. The smallest absolute Gasteiger partial charge is 0.319 e. The Morgan fingerprint density at radius 3 is 2.08 bits per heavy atom. The summed E-state index contributed by atoms with van der Waals surface area (Å²) >= 11 is 0. The highest BCUT2D eigenvalue weighted by molar-refractivity contribution is 7.89. The van der Waals surface area contributed by atoms with Crippen LogP contribution in [0.2, 0.25) is 0 Å². The number of anilines is 1. The first-order valence-corrected chi connectivity index (χ1v) is 8.91. The van der Waals surface area contributed by atoms with Crippen LogP contribution in [0.15, 0.2) is 59.5 Å². The summed E-state index contributed by atoms with van der Waals surface area (Å²) in [7, 11) is -2.14. The molecule has 0 saturated heterocycles. The van der Waals surface area contributed by atoms with Crippen LogP contribution in [0.1, 0.15) is 19.4 Å². The second-order valence-corrected chi connectivity index (χ2v) is 7.69. The molecule has 128 valence electrons. The van der Waals surface area contributed by atoms with Crippen molar-refractivity contribution in [1.29, 1.82) is 0 Å². The molecule has 7 heteroatoms. The van der Waals surface area contributed by atoms with Crippen molar-refractivity contribution >= 4 is 21.7 Å². The number of hydrogen-bond acceptors (Lipinski definition) is 3. The van der Waals surface area contributed by atoms with Crippen molar-refractivity contribution in [3.63, 3.8) is 0 Å². The molecule has 0 aliphatic carbocycles. The topological polar surface area (TPSA) is 87.3 Å². The molecule has 0 atom stereocenters. The van der Waals surface area contributed by atoms with E-state index in [1.807, 2.05) is 44.2 Å². The zero-order chi connectivity index (χ0) is 17.8. The minimum Gasteiger partial charge on any atom is -0.329 e. The average Bonchev–Trinajstić information content (AvgIpc) is 2.55. The molecule has 2 aromatic rings. The van der Waals surface area contributed by atoms with Crippen molar-refractivity contribution in [3.05, 3.63) is 60.2 Å². The molecule has 0 saturated carbocycles. The number of carbonyl (C=O) groups is 1. The summed E-state index contributed by atoms with van der Waals surface area (Å²) in [6.07, 6.45) is 0. The van der Waals surface area contributed by atoms with Gasteiger partial charge in [0.05, 0.1) is 10.4 Å². The van der Waals surface area contributed by atoms with Gasteiger partial charge in [0.15, 0.2) is 0 Å². The van der Waals surface area contributed by atoms with Gasteiger partial charge in [0, 0.05) is 5.69 Å². The van der Waals surface area contributed by atoms with E-state index in [-0.39, 0.29) is 10.9 Å². The number of carbonyl (C=O) groups excluding carboxylic acids is 1. The van der Waals surface area contributed by atoms with Gasteiger partial charge in [-0.1, -0.05) is 30.3 Å². The minimum atomic E-state index is -3.49. The monoisotopic (exact) mass is 347 g/mol. The number of hydrogen-bond donors (Lipinski definition) is 3. The first kappa shape index (κ1) is 18.0. The molecule has 2 aromatic carbocycles. The Hall–Kier alpha value is -2.38. The molecule has 0 fully saturated rings. The highest BCUT2D eigenvalue weighted by Gasteiger charge is 2.22. The second-order valence-electron chi connectivity index (χ2n) is 5.80. The molecule has 0 aromatic heterocycles. The fraction of sp³-hybridized carbons (Fsp3) is 0.235. The van der Waals surface area contributed by atoms with Crippen LogP contribution in [0.3, 0.4) is 0 Å². The molecule has 3 N–H and O–H groups in total. The van der Waals surface area contributed by atoms with Crippen LogP contribution in [-0.2, 0) is 15.6 Å². The van der Waals surface area contributed by atoms with E-state index in [1.54, 1.807) is 12.1 Å². The van der Waals surface area contributed by atoms with Crippen molar-refractivity contribution in [2.75, 3.05) is 12.4 Å². The number of urea groups is 1. The summed E-state index contributed by atoms with van der Waals surface area (Å²) in [5.74, 6) is 0. The molecule has 2 amide bonds. The van der Waals surface area contributed by atoms with Crippen molar-refractivity contribution in [3.8, 4) is 0 Å². The van der Waals surface area contributed by atoms with Crippen molar-refractivity contribution in [2.45, 2.75) is 24.3 Å². The van der Waals surface area contributed by atoms with Gasteiger partial charge in [-0.05, 0) is 50.7 Å². The highest BCUT2D eigenvalue weighted by Crippen LogP contribution is 2.20. The number of benzene rings is 2. The van der Waals surface area contributed by atoms with Crippen molar-refractivity contribution < 1.29 is 13.2 Å². The zero-order valence-electron chi connectivity index (χ0n) is 13.8. The molecule has 0 spiro atoms. The lowest BCUT2D eigenvalue weighted by atomic mass is 9.95. The van der Waals surface area contributed by atoms with Gasteiger partial charge in [-0.15, -0.1) is 0 Å². The number of sulfonamides is 1. The zero-order valence-corrected chi connectivity index (χ0v) is 14.6. The van der Waals surface area contributed by atoms with E-state index in [0.717, 1.165) is 5.56 Å². The maximum absolute atomic E-state index is 12.2. The standard InChI is InChI=1S/C17H21N3O3S/c1-17(2,13-7-5-4-6-8-13)20-16(21)19-14-9-11-15(12-10-14)24(22,23)18-3/h4-12,18H,1-3H3,(H2,19,20,21). The van der Waals surface area contributed by atoms with Crippen LogP contribution in [0.5, 0.6) is 0 Å². The van der Waals surface area contributed by atoms with Gasteiger partial charge in [-0.3, -0.25) is 0 Å². The van der Waals surface area contributed by atoms with E-state index < -0.39 is 15.6 Å². The summed E-state index contributed by atoms with van der Waals surface area (Å²) in [5.41, 5.74) is 0.947. The Labute approximate surface area is 142 Å². The van der Waals surface area contributed by atoms with Gasteiger partial charge in [-0.2, -0.15) is 0 Å². The lowest BCUT2D eigenvalue weighted by Crippen LogP contribution is -2.43. The average molecular weight is 347 g/mol. The molecule has 6 nitrogen and oxygen atoms in total. The number of rotatable bonds is 5. The van der Waals surface area contributed by atoms with Gasteiger partial charge in [-0.25, -0.2) is 17.9 Å². The molecule has 0 unspecified atom stereocenters. The third kappa shape index (κ3) is 4.33. The second kappa shape index (κ2) is 7.02. The summed E-state index contributed by atoms with van der Waals surface area (Å²) in [6, 6.07) is 15.2. The fourth-order valence-electron chi connectivity index (χ4n) is 2.21. The van der Waals surface area contributed by atoms with E-state index in [2.05, 4.69) is 15.4 Å². The Morgan fingerprint density at radius 1 is 0.958 bits per heavy atom. The van der Waals surface area contributed by atoms with E-state index in [4.69, 9.17) is 0 Å². The van der Waals surface area contributed by atoms with E-state index in [0.29, 0.717) is 5.69 Å². The van der Waals surface area contributed by atoms with E-state index in [9.17, 15) is 13.2 Å².